The van der Waals surface area contributed by atoms with Crippen LogP contribution < -0.4 is 10.1 Å². The van der Waals surface area contributed by atoms with Gasteiger partial charge in [-0.2, -0.15) is 4.99 Å². The van der Waals surface area contributed by atoms with E-state index in [9.17, 15) is 14.4 Å². The zero-order valence-electron chi connectivity index (χ0n) is 18.3. The third-order valence-corrected chi connectivity index (χ3v) is 7.09. The lowest BCUT2D eigenvalue weighted by atomic mass is 9.76. The quantitative estimate of drug-likeness (QED) is 0.607. The summed E-state index contributed by atoms with van der Waals surface area (Å²) in [5.74, 6) is -0.901. The van der Waals surface area contributed by atoms with Crippen LogP contribution in [0.25, 0.3) is 0 Å². The monoisotopic (exact) mass is 460 g/mol. The number of urea groups is 1. The highest BCUT2D eigenvalue weighted by Crippen LogP contribution is 2.39. The summed E-state index contributed by atoms with van der Waals surface area (Å²) in [7, 11) is 0. The van der Waals surface area contributed by atoms with Crippen LogP contribution in [0.1, 0.15) is 35.1 Å². The summed E-state index contributed by atoms with van der Waals surface area (Å²) in [6.07, 6.45) is 4.06. The number of fused-ring (bicyclic) bond motifs is 2. The number of nitrogens with one attached hydrogen (secondary N) is 1. The van der Waals surface area contributed by atoms with Gasteiger partial charge in [0.05, 0.1) is 0 Å². The van der Waals surface area contributed by atoms with Crippen LogP contribution in [-0.4, -0.2) is 33.9 Å². The molecule has 5 rings (SSSR count). The van der Waals surface area contributed by atoms with Crippen molar-refractivity contribution in [2.75, 3.05) is 6.54 Å². The number of aromatic nitrogens is 1. The Morgan fingerprint density at radius 2 is 1.94 bits per heavy atom. The fraction of sp³-hybridized carbons (Fsp3) is 0.280. The summed E-state index contributed by atoms with van der Waals surface area (Å²) >= 11 is 1.34. The van der Waals surface area contributed by atoms with Crippen LogP contribution in [0.15, 0.2) is 65.1 Å². The molecular formula is C25H24N4O3S. The minimum absolute atomic E-state index is 0.373. The van der Waals surface area contributed by atoms with E-state index in [2.05, 4.69) is 10.3 Å². The predicted octanol–water partition coefficient (Wildman–Crippen LogP) is 3.12. The lowest BCUT2D eigenvalue weighted by molar-refractivity contribution is -0.135. The van der Waals surface area contributed by atoms with Crippen LogP contribution in [0.4, 0.5) is 4.79 Å². The van der Waals surface area contributed by atoms with E-state index >= 15 is 0 Å². The highest BCUT2D eigenvalue weighted by atomic mass is 32.1. The first-order chi connectivity index (χ1) is 16.0. The van der Waals surface area contributed by atoms with Crippen molar-refractivity contribution in [3.8, 4) is 0 Å². The molecule has 1 N–H and O–H groups in total. The van der Waals surface area contributed by atoms with E-state index < -0.39 is 17.5 Å². The number of hydrogen-bond acceptors (Lipinski definition) is 4. The van der Waals surface area contributed by atoms with Gasteiger partial charge in [-0.3, -0.25) is 14.5 Å². The summed E-state index contributed by atoms with van der Waals surface area (Å²) in [6, 6.07) is 15.3. The number of carbonyl (C=O) groups is 3. The van der Waals surface area contributed by atoms with Gasteiger partial charge in [0.25, 0.3) is 11.8 Å². The molecule has 8 heteroatoms. The Kier molecular flexibility index (Phi) is 5.46. The molecule has 168 valence electrons. The fourth-order valence-corrected chi connectivity index (χ4v) is 5.37. The van der Waals surface area contributed by atoms with Gasteiger partial charge in [-0.15, -0.1) is 11.3 Å². The van der Waals surface area contributed by atoms with Crippen LogP contribution in [-0.2, 0) is 28.1 Å². The van der Waals surface area contributed by atoms with Gasteiger partial charge in [-0.1, -0.05) is 54.1 Å². The maximum atomic E-state index is 13.4. The minimum atomic E-state index is -1.08. The molecule has 33 heavy (non-hydrogen) atoms. The molecule has 0 bridgehead atoms. The molecule has 0 radical (unpaired) electrons. The Balaban J connectivity index is 1.36. The molecule has 1 saturated heterocycles. The van der Waals surface area contributed by atoms with E-state index in [0.29, 0.717) is 17.8 Å². The lowest BCUT2D eigenvalue weighted by Gasteiger charge is -2.33. The molecule has 4 amide bonds. The van der Waals surface area contributed by atoms with Crippen LogP contribution >= 0.6 is 11.3 Å². The molecule has 1 aliphatic carbocycles. The fourth-order valence-electron chi connectivity index (χ4n) is 4.63. The molecule has 7 nitrogen and oxygen atoms in total. The number of amides is 4. The standard InChI is InChI=1S/C25H24N4O3S/c1-17-8-10-18(11-9-17)15-28-13-14-33-24(28)26-21(30)16-29-22(31)25(27-23(29)32)12-4-6-19-5-2-3-7-20(19)25/h2-3,5,7-11,13-14H,4,6,12,15-16H2,1H3,(H,27,32). The zero-order valence-corrected chi connectivity index (χ0v) is 19.1. The van der Waals surface area contributed by atoms with E-state index in [1.807, 2.05) is 71.6 Å². The van der Waals surface area contributed by atoms with Crippen molar-refractivity contribution in [3.05, 3.63) is 87.2 Å². The van der Waals surface area contributed by atoms with Crippen LogP contribution in [0.5, 0.6) is 0 Å². The Labute approximate surface area is 195 Å². The van der Waals surface area contributed by atoms with Gasteiger partial charge >= 0.3 is 6.03 Å². The number of thiazole rings is 1. The molecule has 1 unspecified atom stereocenters. The second-order valence-electron chi connectivity index (χ2n) is 8.54. The van der Waals surface area contributed by atoms with Crippen LogP contribution in [0.3, 0.4) is 0 Å². The Morgan fingerprint density at radius 1 is 1.15 bits per heavy atom. The first kappa shape index (κ1) is 21.3. The molecule has 0 saturated carbocycles. The highest BCUT2D eigenvalue weighted by molar-refractivity contribution is 7.07. The maximum absolute atomic E-state index is 13.4. The first-order valence-electron chi connectivity index (χ1n) is 11.0. The van der Waals surface area contributed by atoms with Crippen molar-refractivity contribution in [2.24, 2.45) is 4.99 Å². The zero-order chi connectivity index (χ0) is 23.0. The molecule has 1 fully saturated rings. The Morgan fingerprint density at radius 3 is 2.76 bits per heavy atom. The van der Waals surface area contributed by atoms with E-state index in [4.69, 9.17) is 0 Å². The van der Waals surface area contributed by atoms with E-state index in [1.54, 1.807) is 0 Å². The average molecular weight is 461 g/mol. The van der Waals surface area contributed by atoms with Crippen LogP contribution in [0, 0.1) is 6.92 Å². The van der Waals surface area contributed by atoms with Gasteiger partial charge in [0.15, 0.2) is 4.80 Å². The van der Waals surface area contributed by atoms with Gasteiger partial charge in [0, 0.05) is 18.1 Å². The molecular weight excluding hydrogens is 436 g/mol. The summed E-state index contributed by atoms with van der Waals surface area (Å²) in [5, 5.41) is 4.74. The van der Waals surface area contributed by atoms with E-state index in [0.717, 1.165) is 34.4 Å². The molecule has 2 heterocycles. The second kappa shape index (κ2) is 8.44. The molecule has 1 aliphatic heterocycles. The van der Waals surface area contributed by atoms with Crippen molar-refractivity contribution in [1.29, 1.82) is 0 Å². The highest BCUT2D eigenvalue weighted by Gasteiger charge is 2.54. The lowest BCUT2D eigenvalue weighted by Crippen LogP contribution is -2.46. The number of aryl methyl sites for hydroxylation is 2. The van der Waals surface area contributed by atoms with Gasteiger partial charge < -0.3 is 9.88 Å². The minimum Gasteiger partial charge on any atom is -0.319 e. The van der Waals surface area contributed by atoms with Gasteiger partial charge in [-0.25, -0.2) is 4.79 Å². The van der Waals surface area contributed by atoms with Crippen LogP contribution in [0.2, 0.25) is 0 Å². The maximum Gasteiger partial charge on any atom is 0.325 e. The van der Waals surface area contributed by atoms with Gasteiger partial charge in [0.2, 0.25) is 0 Å². The molecule has 2 aliphatic rings. The Hall–Kier alpha value is -3.52. The summed E-state index contributed by atoms with van der Waals surface area (Å²) < 4.78 is 1.89. The van der Waals surface area contributed by atoms with Crippen molar-refractivity contribution < 1.29 is 14.4 Å². The van der Waals surface area contributed by atoms with Crippen molar-refractivity contribution in [1.82, 2.24) is 14.8 Å². The predicted molar refractivity (Wildman–Crippen MR) is 124 cm³/mol. The SMILES string of the molecule is Cc1ccc(Cn2ccsc2=NC(=O)CN2C(=O)NC3(CCCc4ccccc43)C2=O)cc1. The Bertz CT molecular complexity index is 1310. The van der Waals surface area contributed by atoms with Crippen molar-refractivity contribution >= 4 is 29.2 Å². The van der Waals surface area contributed by atoms with Crippen molar-refractivity contribution in [3.63, 3.8) is 0 Å². The number of rotatable bonds is 4. The average Bonchev–Trinajstić information content (AvgIpc) is 3.33. The topological polar surface area (TPSA) is 83.8 Å². The molecule has 1 atom stereocenters. The molecule has 2 aromatic carbocycles. The number of nitrogens with zero attached hydrogens (tertiary/aromatic N) is 3. The normalized spacial score (nSPS) is 20.3. The summed E-state index contributed by atoms with van der Waals surface area (Å²) in [6.45, 7) is 2.24. The van der Waals surface area contributed by atoms with Crippen molar-refractivity contribution in [2.45, 2.75) is 38.3 Å². The first-order valence-corrected chi connectivity index (χ1v) is 11.8. The van der Waals surface area contributed by atoms with E-state index in [1.165, 1.54) is 16.9 Å². The van der Waals surface area contributed by atoms with Gasteiger partial charge in [-0.05, 0) is 42.9 Å². The third kappa shape index (κ3) is 3.91. The van der Waals surface area contributed by atoms with Gasteiger partial charge in [0.1, 0.15) is 12.1 Å². The van der Waals surface area contributed by atoms with E-state index in [-0.39, 0.29) is 12.5 Å². The number of hydrogen-bond donors (Lipinski definition) is 1. The number of imide groups is 1. The number of benzene rings is 2. The molecule has 1 spiro atoms. The largest absolute Gasteiger partial charge is 0.325 e. The molecule has 1 aromatic heterocycles. The summed E-state index contributed by atoms with van der Waals surface area (Å²) in [4.78, 5) is 44.6. The second-order valence-corrected chi connectivity index (χ2v) is 9.42. The third-order valence-electron chi connectivity index (χ3n) is 6.30. The number of carbonyl (C=O) groups excluding carboxylic acids is 3. The summed E-state index contributed by atoms with van der Waals surface area (Å²) in [5.41, 5.74) is 3.09. The molecule has 3 aromatic rings. The smallest absolute Gasteiger partial charge is 0.319 e.